The Labute approximate surface area is 208 Å². The van der Waals surface area contributed by atoms with E-state index in [9.17, 15) is 29.1 Å². The largest absolute Gasteiger partial charge is 0.508 e. The second-order valence-corrected chi connectivity index (χ2v) is 8.50. The smallest absolute Gasteiger partial charge is 0.303 e. The van der Waals surface area contributed by atoms with Gasteiger partial charge in [-0.2, -0.15) is 0 Å². The maximum absolute atomic E-state index is 12.7. The second kappa shape index (κ2) is 13.6. The van der Waals surface area contributed by atoms with E-state index in [2.05, 4.69) is 5.32 Å². The average molecular weight is 499 g/mol. The maximum Gasteiger partial charge on any atom is 0.303 e. The quantitative estimate of drug-likeness (QED) is 0.247. The minimum Gasteiger partial charge on any atom is -0.508 e. The molecule has 0 spiro atoms. The summed E-state index contributed by atoms with van der Waals surface area (Å²) in [6.07, 6.45) is -0.989. The van der Waals surface area contributed by atoms with Crippen molar-refractivity contribution in [3.05, 3.63) is 54.1 Å². The van der Waals surface area contributed by atoms with E-state index >= 15 is 0 Å². The summed E-state index contributed by atoms with van der Waals surface area (Å²) in [6, 6.07) is 13.1. The fourth-order valence-electron chi connectivity index (χ4n) is 3.68. The van der Waals surface area contributed by atoms with E-state index < -0.39 is 41.5 Å². The summed E-state index contributed by atoms with van der Waals surface area (Å²) in [5.41, 5.74) is 7.89. The molecule has 0 heterocycles. The molecule has 0 radical (unpaired) electrons. The summed E-state index contributed by atoms with van der Waals surface area (Å²) in [7, 11) is 0. The van der Waals surface area contributed by atoms with Crippen molar-refractivity contribution in [3.8, 4) is 16.9 Å². The molecule has 192 valence electrons. The third kappa shape index (κ3) is 9.57. The van der Waals surface area contributed by atoms with Gasteiger partial charge in [-0.1, -0.05) is 36.4 Å². The van der Waals surface area contributed by atoms with Crippen molar-refractivity contribution in [2.75, 3.05) is 0 Å². The molecule has 10 heteroatoms. The van der Waals surface area contributed by atoms with E-state index in [1.54, 1.807) is 18.2 Å². The molecule has 10 nitrogen and oxygen atoms in total. The molecule has 0 saturated heterocycles. The molecular formula is C26H30N2O8. The van der Waals surface area contributed by atoms with Crippen molar-refractivity contribution in [1.82, 2.24) is 5.32 Å². The molecular weight excluding hydrogens is 468 g/mol. The summed E-state index contributed by atoms with van der Waals surface area (Å²) in [5, 5.41) is 30.0. The zero-order valence-electron chi connectivity index (χ0n) is 19.7. The first-order chi connectivity index (χ1) is 17.0. The van der Waals surface area contributed by atoms with Gasteiger partial charge < -0.3 is 26.4 Å². The highest BCUT2D eigenvalue weighted by atomic mass is 16.4. The number of Topliss-reactive ketones (excluding diaryl/α,β-unsaturated/α-hetero) is 1. The van der Waals surface area contributed by atoms with Crippen LogP contribution < -0.4 is 11.1 Å². The number of benzene rings is 2. The van der Waals surface area contributed by atoms with Gasteiger partial charge in [-0.15, -0.1) is 0 Å². The Morgan fingerprint density at radius 3 is 2.06 bits per heavy atom. The molecule has 0 aliphatic carbocycles. The van der Waals surface area contributed by atoms with Crippen molar-refractivity contribution in [3.63, 3.8) is 0 Å². The molecule has 0 unspecified atom stereocenters. The number of nitrogens with one attached hydrogen (secondary N) is 1. The summed E-state index contributed by atoms with van der Waals surface area (Å²) in [6.45, 7) is 0. The van der Waals surface area contributed by atoms with Crippen molar-refractivity contribution in [2.24, 2.45) is 11.7 Å². The van der Waals surface area contributed by atoms with Crippen LogP contribution in [0.3, 0.4) is 0 Å². The summed E-state index contributed by atoms with van der Waals surface area (Å²) in [5.74, 6) is -5.02. The fraction of sp³-hybridized carbons (Fsp3) is 0.346. The van der Waals surface area contributed by atoms with Gasteiger partial charge >= 0.3 is 11.9 Å². The molecule has 0 aliphatic rings. The number of primary amides is 1. The van der Waals surface area contributed by atoms with Crippen LogP contribution in [0.4, 0.5) is 0 Å². The third-order valence-corrected chi connectivity index (χ3v) is 5.70. The Morgan fingerprint density at radius 2 is 1.47 bits per heavy atom. The number of carbonyl (C=O) groups excluding carboxylic acids is 3. The van der Waals surface area contributed by atoms with Gasteiger partial charge in [0, 0.05) is 31.6 Å². The third-order valence-electron chi connectivity index (χ3n) is 5.70. The van der Waals surface area contributed by atoms with Gasteiger partial charge in [0.05, 0.1) is 6.04 Å². The number of hydrogen-bond donors (Lipinski definition) is 5. The van der Waals surface area contributed by atoms with Crippen LogP contribution in [0.2, 0.25) is 0 Å². The fourth-order valence-corrected chi connectivity index (χ4v) is 3.68. The number of carboxylic acids is 2. The lowest BCUT2D eigenvalue weighted by atomic mass is 9.92. The van der Waals surface area contributed by atoms with Gasteiger partial charge in [-0.05, 0) is 48.1 Å². The molecule has 2 atom stereocenters. The van der Waals surface area contributed by atoms with Gasteiger partial charge in [-0.3, -0.25) is 24.0 Å². The lowest BCUT2D eigenvalue weighted by Crippen LogP contribution is -2.43. The number of ketones is 1. The lowest BCUT2D eigenvalue weighted by Gasteiger charge is -2.19. The van der Waals surface area contributed by atoms with Crippen molar-refractivity contribution >= 4 is 29.5 Å². The Morgan fingerprint density at radius 1 is 0.833 bits per heavy atom. The monoisotopic (exact) mass is 498 g/mol. The number of aromatic hydroxyl groups is 1. The van der Waals surface area contributed by atoms with E-state index in [4.69, 9.17) is 15.9 Å². The molecule has 0 aliphatic heterocycles. The summed E-state index contributed by atoms with van der Waals surface area (Å²) in [4.78, 5) is 58.7. The van der Waals surface area contributed by atoms with Crippen molar-refractivity contribution in [1.29, 1.82) is 0 Å². The molecule has 2 amide bonds. The number of carboxylic acid groups (broad SMARTS) is 2. The number of phenols is 1. The first-order valence-electron chi connectivity index (χ1n) is 11.5. The number of aryl methyl sites for hydroxylation is 1. The van der Waals surface area contributed by atoms with E-state index in [-0.39, 0.29) is 44.3 Å². The van der Waals surface area contributed by atoms with Crippen molar-refractivity contribution < 1.29 is 39.3 Å². The molecule has 0 fully saturated rings. The Hall–Kier alpha value is -4.21. The number of phenolic OH excluding ortho intramolecular Hbond substituents is 1. The highest BCUT2D eigenvalue weighted by Crippen LogP contribution is 2.23. The van der Waals surface area contributed by atoms with E-state index in [0.717, 1.165) is 16.7 Å². The lowest BCUT2D eigenvalue weighted by molar-refractivity contribution is -0.139. The van der Waals surface area contributed by atoms with Gasteiger partial charge in [-0.25, -0.2) is 0 Å². The van der Waals surface area contributed by atoms with Crippen LogP contribution in [0, 0.1) is 5.92 Å². The van der Waals surface area contributed by atoms with Crippen LogP contribution >= 0.6 is 0 Å². The summed E-state index contributed by atoms with van der Waals surface area (Å²) < 4.78 is 0. The molecule has 2 aromatic rings. The molecule has 6 N–H and O–H groups in total. The second-order valence-electron chi connectivity index (χ2n) is 8.50. The summed E-state index contributed by atoms with van der Waals surface area (Å²) >= 11 is 0. The minimum atomic E-state index is -1.15. The molecule has 0 saturated carbocycles. The van der Waals surface area contributed by atoms with Gasteiger partial charge in [0.1, 0.15) is 5.75 Å². The van der Waals surface area contributed by atoms with Crippen LogP contribution in [-0.4, -0.2) is 50.9 Å². The number of carbonyl (C=O) groups is 5. The molecule has 0 aromatic heterocycles. The van der Waals surface area contributed by atoms with E-state index in [1.165, 1.54) is 0 Å². The first kappa shape index (κ1) is 28.0. The normalized spacial score (nSPS) is 12.3. The maximum atomic E-state index is 12.7. The predicted molar refractivity (Wildman–Crippen MR) is 130 cm³/mol. The molecule has 2 aromatic carbocycles. The molecule has 36 heavy (non-hydrogen) atoms. The number of aliphatic carboxylic acids is 2. The number of amides is 2. The van der Waals surface area contributed by atoms with Gasteiger partial charge in [0.25, 0.3) is 0 Å². The Bertz CT molecular complexity index is 1100. The number of rotatable bonds is 15. The topological polar surface area (TPSA) is 184 Å². The zero-order valence-corrected chi connectivity index (χ0v) is 19.7. The van der Waals surface area contributed by atoms with Crippen LogP contribution in [0.5, 0.6) is 5.75 Å². The first-order valence-corrected chi connectivity index (χ1v) is 11.5. The highest BCUT2D eigenvalue weighted by molar-refractivity contribution is 5.92. The van der Waals surface area contributed by atoms with Crippen LogP contribution in [0.15, 0.2) is 48.5 Å². The molecule has 2 rings (SSSR count). The standard InChI is InChI=1S/C26H30N2O8/c27-26(36)19(9-12-24(32)33)15-22(30)21(10-13-25(34)35)28-23(31)11-6-16-4-7-17(8-5-16)18-2-1-3-20(29)14-18/h1-5,7-8,14,19,21,29H,6,9-13,15H2,(H2,27,36)(H,28,31)(H,32,33)(H,34,35)/t19-,21+/m1/s1. The minimum absolute atomic E-state index is 0.0422. The average Bonchev–Trinajstić information content (AvgIpc) is 2.82. The number of hydrogen-bond acceptors (Lipinski definition) is 6. The highest BCUT2D eigenvalue weighted by Gasteiger charge is 2.27. The van der Waals surface area contributed by atoms with Gasteiger partial charge in [0.2, 0.25) is 11.8 Å². The number of nitrogens with two attached hydrogens (primary N) is 1. The van der Waals surface area contributed by atoms with Crippen molar-refractivity contribution in [2.45, 2.75) is 51.0 Å². The SMILES string of the molecule is NC(=O)[C@H](CCC(=O)O)CC(=O)[C@H](CCC(=O)O)NC(=O)CCc1ccc(-c2cccc(O)c2)cc1. The molecule has 0 bridgehead atoms. The van der Waals surface area contributed by atoms with Gasteiger partial charge in [0.15, 0.2) is 5.78 Å². The Balaban J connectivity index is 1.98. The van der Waals surface area contributed by atoms with Crippen LogP contribution in [-0.2, 0) is 30.4 Å². The van der Waals surface area contributed by atoms with Crippen LogP contribution in [0.1, 0.15) is 44.1 Å². The van der Waals surface area contributed by atoms with Crippen LogP contribution in [0.25, 0.3) is 11.1 Å². The zero-order chi connectivity index (χ0) is 26.7. The van der Waals surface area contributed by atoms with E-state index in [1.807, 2.05) is 30.3 Å². The Kier molecular flexibility index (Phi) is 10.6. The predicted octanol–water partition coefficient (Wildman–Crippen LogP) is 2.27. The van der Waals surface area contributed by atoms with E-state index in [0.29, 0.717) is 6.42 Å².